The van der Waals surface area contributed by atoms with Crippen LogP contribution in [0.3, 0.4) is 0 Å². The Morgan fingerprint density at radius 2 is 2.08 bits per heavy atom. The van der Waals surface area contributed by atoms with E-state index in [0.717, 1.165) is 37.4 Å². The van der Waals surface area contributed by atoms with Gasteiger partial charge >= 0.3 is 6.03 Å². The summed E-state index contributed by atoms with van der Waals surface area (Å²) in [6.45, 7) is 9.20. The molecule has 1 aliphatic rings. The molecular formula is C20H34N4O2. The Kier molecular flexibility index (Phi) is 7.72. The predicted molar refractivity (Wildman–Crippen MR) is 106 cm³/mol. The lowest BCUT2D eigenvalue weighted by molar-refractivity contribution is 0.113. The van der Waals surface area contributed by atoms with Gasteiger partial charge in [0, 0.05) is 45.8 Å². The molecule has 1 heterocycles. The summed E-state index contributed by atoms with van der Waals surface area (Å²) < 4.78 is 5.86. The van der Waals surface area contributed by atoms with Crippen molar-refractivity contribution in [2.24, 2.45) is 0 Å². The standard InChI is InChI=1S/C20H34N4O2/c1-16-7-8-17(2)19(13-16)26-12-6-9-24(5)20(25)21-14-18-15-22(3)10-11-23(18)4/h7-8,13,18H,6,9-12,14-15H2,1-5H3,(H,21,25). The fraction of sp³-hybridized carbons (Fsp3) is 0.650. The number of amides is 2. The summed E-state index contributed by atoms with van der Waals surface area (Å²) in [5.74, 6) is 0.932. The van der Waals surface area contributed by atoms with E-state index in [0.29, 0.717) is 25.7 Å². The van der Waals surface area contributed by atoms with Crippen LogP contribution < -0.4 is 10.1 Å². The topological polar surface area (TPSA) is 48.1 Å². The van der Waals surface area contributed by atoms with Crippen LogP contribution in [0.5, 0.6) is 5.75 Å². The Labute approximate surface area is 158 Å². The van der Waals surface area contributed by atoms with Gasteiger partial charge in [-0.1, -0.05) is 12.1 Å². The summed E-state index contributed by atoms with van der Waals surface area (Å²) in [6.07, 6.45) is 0.809. The molecule has 26 heavy (non-hydrogen) atoms. The number of benzene rings is 1. The number of nitrogens with zero attached hydrogens (tertiary/aromatic N) is 3. The second kappa shape index (κ2) is 9.78. The summed E-state index contributed by atoms with van der Waals surface area (Å²) >= 11 is 0. The molecule has 6 nitrogen and oxygen atoms in total. The largest absolute Gasteiger partial charge is 0.493 e. The first kappa shape index (κ1) is 20.5. The summed E-state index contributed by atoms with van der Waals surface area (Å²) in [5, 5.41) is 3.06. The molecule has 146 valence electrons. The molecule has 1 fully saturated rings. The zero-order chi connectivity index (χ0) is 19.1. The van der Waals surface area contributed by atoms with Gasteiger partial charge < -0.3 is 19.9 Å². The van der Waals surface area contributed by atoms with Crippen LogP contribution in [-0.4, -0.2) is 87.2 Å². The highest BCUT2D eigenvalue weighted by atomic mass is 16.5. The Hall–Kier alpha value is -1.79. The van der Waals surface area contributed by atoms with Crippen LogP contribution in [0.4, 0.5) is 4.79 Å². The van der Waals surface area contributed by atoms with Crippen molar-refractivity contribution in [3.8, 4) is 5.75 Å². The SMILES string of the molecule is Cc1ccc(C)c(OCCCN(C)C(=O)NCC2CN(C)CCN2C)c1. The molecule has 0 radical (unpaired) electrons. The molecule has 1 unspecified atom stereocenters. The highest BCUT2D eigenvalue weighted by molar-refractivity contribution is 5.73. The fourth-order valence-corrected chi connectivity index (χ4v) is 3.11. The molecule has 0 aromatic heterocycles. The predicted octanol–water partition coefficient (Wildman–Crippen LogP) is 1.96. The van der Waals surface area contributed by atoms with Crippen molar-refractivity contribution < 1.29 is 9.53 Å². The Bertz CT molecular complexity index is 593. The molecule has 1 aliphatic heterocycles. The molecule has 1 atom stereocenters. The van der Waals surface area contributed by atoms with Gasteiger partial charge in [0.05, 0.1) is 6.61 Å². The van der Waals surface area contributed by atoms with Gasteiger partial charge in [-0.25, -0.2) is 4.79 Å². The zero-order valence-corrected chi connectivity index (χ0v) is 16.9. The quantitative estimate of drug-likeness (QED) is 0.754. The smallest absolute Gasteiger partial charge is 0.317 e. The summed E-state index contributed by atoms with van der Waals surface area (Å²) in [7, 11) is 6.09. The first-order chi connectivity index (χ1) is 12.4. The number of nitrogens with one attached hydrogen (secondary N) is 1. The monoisotopic (exact) mass is 362 g/mol. The van der Waals surface area contributed by atoms with Crippen molar-refractivity contribution in [3.63, 3.8) is 0 Å². The van der Waals surface area contributed by atoms with Crippen molar-refractivity contribution in [1.82, 2.24) is 20.0 Å². The van der Waals surface area contributed by atoms with Gasteiger partial charge in [-0.15, -0.1) is 0 Å². The Balaban J connectivity index is 1.66. The maximum Gasteiger partial charge on any atom is 0.317 e. The number of urea groups is 1. The molecule has 1 N–H and O–H groups in total. The first-order valence-electron chi connectivity index (χ1n) is 9.44. The van der Waals surface area contributed by atoms with Crippen molar-refractivity contribution in [1.29, 1.82) is 0 Å². The summed E-state index contributed by atoms with van der Waals surface area (Å²) in [4.78, 5) is 18.6. The first-order valence-corrected chi connectivity index (χ1v) is 9.44. The maximum atomic E-state index is 12.3. The molecule has 0 saturated carbocycles. The van der Waals surface area contributed by atoms with Crippen LogP contribution in [0.2, 0.25) is 0 Å². The molecule has 1 saturated heterocycles. The normalized spacial score (nSPS) is 18.6. The van der Waals surface area contributed by atoms with Crippen molar-refractivity contribution >= 4 is 6.03 Å². The van der Waals surface area contributed by atoms with Gasteiger partial charge in [-0.05, 0) is 51.6 Å². The van der Waals surface area contributed by atoms with Crippen molar-refractivity contribution in [3.05, 3.63) is 29.3 Å². The molecule has 0 aliphatic carbocycles. The number of hydrogen-bond donors (Lipinski definition) is 1. The van der Waals surface area contributed by atoms with Gasteiger partial charge in [-0.2, -0.15) is 0 Å². The van der Waals surface area contributed by atoms with E-state index in [2.05, 4.69) is 54.3 Å². The second-order valence-electron chi connectivity index (χ2n) is 7.48. The van der Waals surface area contributed by atoms with Gasteiger partial charge in [0.1, 0.15) is 5.75 Å². The van der Waals surface area contributed by atoms with E-state index < -0.39 is 0 Å². The van der Waals surface area contributed by atoms with Gasteiger partial charge in [-0.3, -0.25) is 4.90 Å². The highest BCUT2D eigenvalue weighted by Crippen LogP contribution is 2.19. The van der Waals surface area contributed by atoms with E-state index in [-0.39, 0.29) is 6.03 Å². The summed E-state index contributed by atoms with van der Waals surface area (Å²) in [6, 6.07) is 6.58. The molecule has 0 bridgehead atoms. The molecule has 0 spiro atoms. The van der Waals surface area contributed by atoms with Crippen LogP contribution in [-0.2, 0) is 0 Å². The van der Waals surface area contributed by atoms with E-state index in [1.165, 1.54) is 5.56 Å². The number of carbonyl (C=O) groups is 1. The Morgan fingerprint density at radius 3 is 2.85 bits per heavy atom. The number of aryl methyl sites for hydroxylation is 2. The molecule has 2 rings (SSSR count). The minimum atomic E-state index is -0.0154. The average molecular weight is 363 g/mol. The summed E-state index contributed by atoms with van der Waals surface area (Å²) in [5.41, 5.74) is 2.34. The van der Waals surface area contributed by atoms with Crippen LogP contribution in [0.15, 0.2) is 18.2 Å². The van der Waals surface area contributed by atoms with Crippen LogP contribution in [0.25, 0.3) is 0 Å². The van der Waals surface area contributed by atoms with Crippen LogP contribution >= 0.6 is 0 Å². The lowest BCUT2D eigenvalue weighted by Crippen LogP contribution is -2.55. The third-order valence-electron chi connectivity index (χ3n) is 5.05. The molecule has 1 aromatic carbocycles. The van der Waals surface area contributed by atoms with E-state index in [1.54, 1.807) is 4.90 Å². The van der Waals surface area contributed by atoms with Crippen LogP contribution in [0.1, 0.15) is 17.5 Å². The third kappa shape index (κ3) is 6.18. The van der Waals surface area contributed by atoms with Gasteiger partial charge in [0.15, 0.2) is 0 Å². The molecule has 1 aromatic rings. The molecular weight excluding hydrogens is 328 g/mol. The van der Waals surface area contributed by atoms with E-state index >= 15 is 0 Å². The van der Waals surface area contributed by atoms with Gasteiger partial charge in [0.2, 0.25) is 0 Å². The lowest BCUT2D eigenvalue weighted by atomic mass is 10.1. The highest BCUT2D eigenvalue weighted by Gasteiger charge is 2.22. The lowest BCUT2D eigenvalue weighted by Gasteiger charge is -2.37. The van der Waals surface area contributed by atoms with Crippen LogP contribution in [0, 0.1) is 13.8 Å². The minimum Gasteiger partial charge on any atom is -0.493 e. The van der Waals surface area contributed by atoms with Crippen molar-refractivity contribution in [2.75, 3.05) is 60.5 Å². The molecule has 6 heteroatoms. The number of carbonyl (C=O) groups excluding carboxylic acids is 1. The van der Waals surface area contributed by atoms with E-state index in [1.807, 2.05) is 14.0 Å². The van der Waals surface area contributed by atoms with Crippen molar-refractivity contribution in [2.45, 2.75) is 26.3 Å². The number of hydrogen-bond acceptors (Lipinski definition) is 4. The average Bonchev–Trinajstić information content (AvgIpc) is 2.61. The molecule has 2 amide bonds. The maximum absolute atomic E-state index is 12.3. The minimum absolute atomic E-state index is 0.0154. The number of likely N-dealkylation sites (N-methyl/N-ethyl adjacent to an activating group) is 2. The third-order valence-corrected chi connectivity index (χ3v) is 5.05. The van der Waals surface area contributed by atoms with Gasteiger partial charge in [0.25, 0.3) is 0 Å². The van der Waals surface area contributed by atoms with E-state index in [9.17, 15) is 4.79 Å². The van der Waals surface area contributed by atoms with E-state index in [4.69, 9.17) is 4.74 Å². The number of piperazine rings is 1. The zero-order valence-electron chi connectivity index (χ0n) is 16.9. The Morgan fingerprint density at radius 1 is 1.31 bits per heavy atom. The fourth-order valence-electron chi connectivity index (χ4n) is 3.11. The number of ether oxygens (including phenoxy) is 1. The second-order valence-corrected chi connectivity index (χ2v) is 7.48. The number of rotatable bonds is 7.